The van der Waals surface area contributed by atoms with E-state index >= 15 is 0 Å². The summed E-state index contributed by atoms with van der Waals surface area (Å²) < 4.78 is 0. The van der Waals surface area contributed by atoms with Gasteiger partial charge >= 0.3 is 0 Å². The van der Waals surface area contributed by atoms with Crippen molar-refractivity contribution in [2.75, 3.05) is 5.73 Å². The largest absolute Gasteiger partial charge is 0.399 e. The van der Waals surface area contributed by atoms with Gasteiger partial charge in [0.15, 0.2) is 5.78 Å². The Morgan fingerprint density at radius 1 is 1.04 bits per heavy atom. The lowest BCUT2D eigenvalue weighted by Gasteiger charge is -2.33. The lowest BCUT2D eigenvalue weighted by atomic mass is 9.98. The Kier molecular flexibility index (Phi) is 5.94. The van der Waals surface area contributed by atoms with Gasteiger partial charge in [-0.3, -0.25) is 9.69 Å². The predicted octanol–water partition coefficient (Wildman–Crippen LogP) is 4.14. The van der Waals surface area contributed by atoms with Gasteiger partial charge in [0.25, 0.3) is 0 Å². The van der Waals surface area contributed by atoms with Crippen LogP contribution in [0.1, 0.15) is 43.1 Å². The number of benzene rings is 2. The van der Waals surface area contributed by atoms with Crippen molar-refractivity contribution < 1.29 is 4.79 Å². The van der Waals surface area contributed by atoms with E-state index in [2.05, 4.69) is 37.8 Å². The van der Waals surface area contributed by atoms with Crippen molar-refractivity contribution in [3.8, 4) is 0 Å². The molecule has 0 aliphatic heterocycles. The monoisotopic (exact) mass is 310 g/mol. The van der Waals surface area contributed by atoms with Crippen LogP contribution in [0.5, 0.6) is 0 Å². The SMILES string of the molecule is CCC(C(=O)c1ccc(N)cc1)N(Cc1ccccc1)C(C)C. The van der Waals surface area contributed by atoms with Crippen molar-refractivity contribution in [3.05, 3.63) is 65.7 Å². The Morgan fingerprint density at radius 2 is 1.65 bits per heavy atom. The van der Waals surface area contributed by atoms with E-state index in [1.54, 1.807) is 12.1 Å². The zero-order chi connectivity index (χ0) is 16.8. The van der Waals surface area contributed by atoms with E-state index in [4.69, 9.17) is 5.73 Å². The standard InChI is InChI=1S/C20H26N2O/c1-4-19(20(23)17-10-12-18(21)13-11-17)22(15(2)3)14-16-8-6-5-7-9-16/h5-13,15,19H,4,14,21H2,1-3H3. The molecule has 2 rings (SSSR count). The van der Waals surface area contributed by atoms with Gasteiger partial charge in [-0.25, -0.2) is 0 Å². The minimum atomic E-state index is -0.126. The second-order valence-corrected chi connectivity index (χ2v) is 6.16. The zero-order valence-corrected chi connectivity index (χ0v) is 14.2. The first kappa shape index (κ1) is 17.2. The molecule has 0 aliphatic rings. The summed E-state index contributed by atoms with van der Waals surface area (Å²) in [4.78, 5) is 15.2. The molecule has 0 amide bonds. The van der Waals surface area contributed by atoms with Crippen molar-refractivity contribution in [1.29, 1.82) is 0 Å². The molecule has 0 aliphatic carbocycles. The van der Waals surface area contributed by atoms with Crippen LogP contribution in [0.25, 0.3) is 0 Å². The summed E-state index contributed by atoms with van der Waals surface area (Å²) in [5.41, 5.74) is 8.36. The molecule has 122 valence electrons. The van der Waals surface area contributed by atoms with Gasteiger partial charge in [0, 0.05) is 23.8 Å². The van der Waals surface area contributed by atoms with Gasteiger partial charge in [-0.15, -0.1) is 0 Å². The van der Waals surface area contributed by atoms with Crippen LogP contribution in [0.4, 0.5) is 5.69 Å². The molecular weight excluding hydrogens is 284 g/mol. The minimum absolute atomic E-state index is 0.126. The van der Waals surface area contributed by atoms with Gasteiger partial charge in [-0.05, 0) is 50.1 Å². The lowest BCUT2D eigenvalue weighted by Crippen LogP contribution is -2.44. The molecule has 0 aromatic heterocycles. The van der Waals surface area contributed by atoms with Gasteiger partial charge in [-0.2, -0.15) is 0 Å². The Bertz CT molecular complexity index is 620. The molecule has 1 unspecified atom stereocenters. The van der Waals surface area contributed by atoms with Crippen LogP contribution in [0.15, 0.2) is 54.6 Å². The molecule has 0 saturated heterocycles. The molecule has 0 spiro atoms. The number of ketones is 1. The highest BCUT2D eigenvalue weighted by Gasteiger charge is 2.27. The molecule has 2 aromatic carbocycles. The second-order valence-electron chi connectivity index (χ2n) is 6.16. The highest BCUT2D eigenvalue weighted by Crippen LogP contribution is 2.19. The molecule has 0 radical (unpaired) electrons. The molecular formula is C20H26N2O. The average Bonchev–Trinajstić information content (AvgIpc) is 2.56. The fourth-order valence-electron chi connectivity index (χ4n) is 2.86. The molecule has 3 nitrogen and oxygen atoms in total. The van der Waals surface area contributed by atoms with Crippen LogP contribution in [-0.4, -0.2) is 22.8 Å². The van der Waals surface area contributed by atoms with E-state index in [1.165, 1.54) is 5.56 Å². The van der Waals surface area contributed by atoms with E-state index < -0.39 is 0 Å². The lowest BCUT2D eigenvalue weighted by molar-refractivity contribution is 0.0735. The predicted molar refractivity (Wildman–Crippen MR) is 96.4 cm³/mol. The van der Waals surface area contributed by atoms with Crippen molar-refractivity contribution in [3.63, 3.8) is 0 Å². The molecule has 23 heavy (non-hydrogen) atoms. The van der Waals surface area contributed by atoms with Gasteiger partial charge in [0.05, 0.1) is 6.04 Å². The summed E-state index contributed by atoms with van der Waals surface area (Å²) in [6, 6.07) is 17.7. The topological polar surface area (TPSA) is 46.3 Å². The van der Waals surface area contributed by atoms with Crippen LogP contribution in [-0.2, 0) is 6.54 Å². The molecule has 0 saturated carbocycles. The van der Waals surface area contributed by atoms with Crippen molar-refractivity contribution in [1.82, 2.24) is 4.90 Å². The summed E-state index contributed by atoms with van der Waals surface area (Å²) in [7, 11) is 0. The van der Waals surface area contributed by atoms with Crippen molar-refractivity contribution >= 4 is 11.5 Å². The van der Waals surface area contributed by atoms with Crippen LogP contribution < -0.4 is 5.73 Å². The molecule has 3 heteroatoms. The summed E-state index contributed by atoms with van der Waals surface area (Å²) >= 11 is 0. The summed E-state index contributed by atoms with van der Waals surface area (Å²) in [6.07, 6.45) is 0.786. The number of Topliss-reactive ketones (excluding diaryl/α,β-unsaturated/α-hetero) is 1. The molecule has 1 atom stereocenters. The number of nitrogens with two attached hydrogens (primary N) is 1. The molecule has 0 heterocycles. The van der Waals surface area contributed by atoms with Gasteiger partial charge in [0.1, 0.15) is 0 Å². The zero-order valence-electron chi connectivity index (χ0n) is 14.2. The molecule has 2 N–H and O–H groups in total. The van der Waals surface area contributed by atoms with E-state index in [-0.39, 0.29) is 17.9 Å². The van der Waals surface area contributed by atoms with Crippen molar-refractivity contribution in [2.45, 2.75) is 45.8 Å². The number of hydrogen-bond acceptors (Lipinski definition) is 3. The van der Waals surface area contributed by atoms with E-state index in [0.29, 0.717) is 5.69 Å². The number of hydrogen-bond donors (Lipinski definition) is 1. The molecule has 0 fully saturated rings. The van der Waals surface area contributed by atoms with Crippen LogP contribution in [0.2, 0.25) is 0 Å². The average molecular weight is 310 g/mol. The fraction of sp³-hybridized carbons (Fsp3) is 0.350. The summed E-state index contributed by atoms with van der Waals surface area (Å²) in [6.45, 7) is 7.13. The summed E-state index contributed by atoms with van der Waals surface area (Å²) in [5.74, 6) is 0.164. The maximum absolute atomic E-state index is 12.9. The van der Waals surface area contributed by atoms with E-state index in [9.17, 15) is 4.79 Å². The van der Waals surface area contributed by atoms with Gasteiger partial charge in [-0.1, -0.05) is 37.3 Å². The first-order valence-corrected chi connectivity index (χ1v) is 8.22. The van der Waals surface area contributed by atoms with E-state index in [0.717, 1.165) is 18.5 Å². The van der Waals surface area contributed by atoms with E-state index in [1.807, 2.05) is 30.3 Å². The van der Waals surface area contributed by atoms with Gasteiger partial charge < -0.3 is 5.73 Å². The molecule has 0 bridgehead atoms. The third-order valence-electron chi connectivity index (χ3n) is 4.16. The van der Waals surface area contributed by atoms with Crippen LogP contribution in [0, 0.1) is 0 Å². The number of nitrogens with zero attached hydrogens (tertiary/aromatic N) is 1. The Hall–Kier alpha value is -2.13. The van der Waals surface area contributed by atoms with Crippen LogP contribution in [0.3, 0.4) is 0 Å². The maximum Gasteiger partial charge on any atom is 0.179 e. The number of nitrogen functional groups attached to an aromatic ring is 1. The number of rotatable bonds is 7. The maximum atomic E-state index is 12.9. The minimum Gasteiger partial charge on any atom is -0.399 e. The van der Waals surface area contributed by atoms with Crippen LogP contribution >= 0.6 is 0 Å². The first-order chi connectivity index (χ1) is 11.0. The second kappa shape index (κ2) is 7.93. The highest BCUT2D eigenvalue weighted by molar-refractivity contribution is 6.00. The number of carbonyl (C=O) groups is 1. The third kappa shape index (κ3) is 4.42. The first-order valence-electron chi connectivity index (χ1n) is 8.22. The highest BCUT2D eigenvalue weighted by atomic mass is 16.1. The Labute approximate surface area is 139 Å². The smallest absolute Gasteiger partial charge is 0.179 e. The fourth-order valence-corrected chi connectivity index (χ4v) is 2.86. The Balaban J connectivity index is 2.23. The quantitative estimate of drug-likeness (QED) is 0.617. The number of anilines is 1. The van der Waals surface area contributed by atoms with Gasteiger partial charge in [0.2, 0.25) is 0 Å². The van der Waals surface area contributed by atoms with Crippen molar-refractivity contribution in [2.24, 2.45) is 0 Å². The third-order valence-corrected chi connectivity index (χ3v) is 4.16. The number of carbonyl (C=O) groups excluding carboxylic acids is 1. The molecule has 2 aromatic rings. The normalized spacial score (nSPS) is 12.6. The Morgan fingerprint density at radius 3 is 2.17 bits per heavy atom. The summed E-state index contributed by atoms with van der Waals surface area (Å²) in [5, 5.41) is 0.